The zero-order valence-electron chi connectivity index (χ0n) is 47.0. The molecule has 402 valence electrons. The first-order chi connectivity index (χ1) is 42.7. The largest absolute Gasteiger partial charge is 0.310 e. The van der Waals surface area contributed by atoms with Crippen LogP contribution in [0.3, 0.4) is 0 Å². The van der Waals surface area contributed by atoms with Gasteiger partial charge in [-0.2, -0.15) is 0 Å². The fraction of sp³-hybridized carbons (Fsp3) is 0. The Balaban J connectivity index is 0.839. The van der Waals surface area contributed by atoms with Crippen molar-refractivity contribution in [2.24, 2.45) is 0 Å². The lowest BCUT2D eigenvalue weighted by Crippen LogP contribution is -2.10. The molecule has 2 heterocycles. The SMILES string of the molecule is c1ccc(N(c2ccc3c(c2)c2ccccc2n3-c2ccccc2)c2ccc(-c3c4ccccc4c(-c4ccc(N(c5ccccc5)c5ccc6c(c5)c5ccccc5n6-c5ccccc5)c5ccccc45)c4ccccc34)c3ccccc23)cc1. The van der Waals surface area contributed by atoms with E-state index in [0.29, 0.717) is 0 Å². The number of rotatable bonds is 10. The Morgan fingerprint density at radius 2 is 0.477 bits per heavy atom. The number of fused-ring (bicyclic) bond motifs is 10. The second-order valence-electron chi connectivity index (χ2n) is 22.3. The number of hydrogen-bond donors (Lipinski definition) is 0. The van der Waals surface area contributed by atoms with E-state index in [0.717, 1.165) is 45.5 Å². The molecule has 17 aromatic rings. The Morgan fingerprint density at radius 1 is 0.186 bits per heavy atom. The third kappa shape index (κ3) is 7.77. The van der Waals surface area contributed by atoms with Gasteiger partial charge in [-0.1, -0.05) is 218 Å². The van der Waals surface area contributed by atoms with Crippen molar-refractivity contribution < 1.29 is 0 Å². The van der Waals surface area contributed by atoms with Crippen molar-refractivity contribution in [2.45, 2.75) is 0 Å². The highest BCUT2D eigenvalue weighted by Crippen LogP contribution is 2.51. The summed E-state index contributed by atoms with van der Waals surface area (Å²) >= 11 is 0. The summed E-state index contributed by atoms with van der Waals surface area (Å²) in [6, 6.07) is 120. The molecule has 0 aliphatic carbocycles. The number of aromatic nitrogens is 2. The van der Waals surface area contributed by atoms with E-state index >= 15 is 0 Å². The van der Waals surface area contributed by atoms with Crippen LogP contribution in [0.1, 0.15) is 0 Å². The van der Waals surface area contributed by atoms with Gasteiger partial charge in [0.1, 0.15) is 0 Å². The van der Waals surface area contributed by atoms with Gasteiger partial charge in [0.2, 0.25) is 0 Å². The quantitative estimate of drug-likeness (QED) is 0.127. The molecule has 0 amide bonds. The van der Waals surface area contributed by atoms with Crippen LogP contribution in [0.25, 0.3) is 120 Å². The third-order valence-electron chi connectivity index (χ3n) is 17.6. The van der Waals surface area contributed by atoms with Crippen LogP contribution in [0.15, 0.2) is 328 Å². The van der Waals surface area contributed by atoms with E-state index in [9.17, 15) is 0 Å². The molecule has 0 aliphatic rings. The maximum atomic E-state index is 2.44. The maximum absolute atomic E-state index is 2.44. The first kappa shape index (κ1) is 49.2. The van der Waals surface area contributed by atoms with E-state index < -0.39 is 0 Å². The van der Waals surface area contributed by atoms with Crippen LogP contribution < -0.4 is 9.80 Å². The van der Waals surface area contributed by atoms with Gasteiger partial charge in [0.25, 0.3) is 0 Å². The Labute approximate surface area is 498 Å². The summed E-state index contributed by atoms with van der Waals surface area (Å²) in [6.45, 7) is 0. The highest BCUT2D eigenvalue weighted by atomic mass is 15.2. The zero-order chi connectivity index (χ0) is 56.7. The van der Waals surface area contributed by atoms with Gasteiger partial charge in [-0.05, 0) is 164 Å². The van der Waals surface area contributed by atoms with E-state index in [1.165, 1.54) is 109 Å². The fourth-order valence-corrected chi connectivity index (χ4v) is 14.0. The van der Waals surface area contributed by atoms with Crippen LogP contribution in [0.2, 0.25) is 0 Å². The van der Waals surface area contributed by atoms with Crippen molar-refractivity contribution in [2.75, 3.05) is 9.80 Å². The van der Waals surface area contributed by atoms with E-state index in [2.05, 4.69) is 347 Å². The normalized spacial score (nSPS) is 11.7. The summed E-state index contributed by atoms with van der Waals surface area (Å²) in [7, 11) is 0. The van der Waals surface area contributed by atoms with Crippen molar-refractivity contribution in [1.29, 1.82) is 0 Å². The topological polar surface area (TPSA) is 16.3 Å². The minimum atomic E-state index is 1.09. The Bertz CT molecular complexity index is 5070. The predicted octanol–water partition coefficient (Wildman–Crippen LogP) is 22.8. The molecule has 0 saturated carbocycles. The summed E-state index contributed by atoms with van der Waals surface area (Å²) in [5, 5.41) is 14.4. The molecule has 4 nitrogen and oxygen atoms in total. The highest BCUT2D eigenvalue weighted by Gasteiger charge is 2.25. The first-order valence-electron chi connectivity index (χ1n) is 29.6. The molecular formula is C82H54N4. The summed E-state index contributed by atoms with van der Waals surface area (Å²) < 4.78 is 4.77. The first-order valence-corrected chi connectivity index (χ1v) is 29.6. The highest BCUT2D eigenvalue weighted by molar-refractivity contribution is 6.26. The van der Waals surface area contributed by atoms with Crippen molar-refractivity contribution in [3.8, 4) is 33.6 Å². The molecule has 0 radical (unpaired) electrons. The van der Waals surface area contributed by atoms with E-state index in [1.807, 2.05) is 0 Å². The van der Waals surface area contributed by atoms with Crippen molar-refractivity contribution in [3.63, 3.8) is 0 Å². The van der Waals surface area contributed by atoms with Crippen LogP contribution in [-0.2, 0) is 0 Å². The number of benzene rings is 15. The monoisotopic (exact) mass is 1090 g/mol. The molecule has 15 aromatic carbocycles. The van der Waals surface area contributed by atoms with Gasteiger partial charge in [-0.3, -0.25) is 0 Å². The molecular weight excluding hydrogens is 1040 g/mol. The van der Waals surface area contributed by atoms with Crippen LogP contribution in [0.4, 0.5) is 34.1 Å². The fourth-order valence-electron chi connectivity index (χ4n) is 14.0. The lowest BCUT2D eigenvalue weighted by atomic mass is 9.83. The number of hydrogen-bond acceptors (Lipinski definition) is 2. The molecule has 2 aromatic heterocycles. The molecule has 0 saturated heterocycles. The van der Waals surface area contributed by atoms with Crippen LogP contribution in [-0.4, -0.2) is 9.13 Å². The van der Waals surface area contributed by atoms with Crippen LogP contribution in [0, 0.1) is 0 Å². The van der Waals surface area contributed by atoms with Crippen molar-refractivity contribution in [1.82, 2.24) is 9.13 Å². The molecule has 17 rings (SSSR count). The Morgan fingerprint density at radius 3 is 0.849 bits per heavy atom. The molecule has 0 N–H and O–H groups in total. The second kappa shape index (κ2) is 20.2. The lowest BCUT2D eigenvalue weighted by Gasteiger charge is -2.28. The van der Waals surface area contributed by atoms with Crippen molar-refractivity contribution >= 4 is 121 Å². The minimum Gasteiger partial charge on any atom is -0.310 e. The molecule has 0 spiro atoms. The van der Waals surface area contributed by atoms with Gasteiger partial charge < -0.3 is 18.9 Å². The van der Waals surface area contributed by atoms with Crippen LogP contribution >= 0.6 is 0 Å². The van der Waals surface area contributed by atoms with Gasteiger partial charge >= 0.3 is 0 Å². The second-order valence-corrected chi connectivity index (χ2v) is 22.3. The van der Waals surface area contributed by atoms with Crippen molar-refractivity contribution in [3.05, 3.63) is 328 Å². The number of para-hydroxylation sites is 6. The maximum Gasteiger partial charge on any atom is 0.0542 e. The van der Waals surface area contributed by atoms with E-state index in [4.69, 9.17) is 0 Å². The van der Waals surface area contributed by atoms with Gasteiger partial charge in [0, 0.05) is 66.4 Å². The Kier molecular flexibility index (Phi) is 11.5. The molecule has 4 heteroatoms. The summed E-state index contributed by atoms with van der Waals surface area (Å²) in [5.74, 6) is 0. The lowest BCUT2D eigenvalue weighted by molar-refractivity contribution is 1.18. The number of anilines is 6. The summed E-state index contributed by atoms with van der Waals surface area (Å²) in [6.07, 6.45) is 0. The molecule has 0 aliphatic heterocycles. The average Bonchev–Trinajstić information content (AvgIpc) is 1.13. The van der Waals surface area contributed by atoms with Gasteiger partial charge in [0.05, 0.1) is 33.4 Å². The predicted molar refractivity (Wildman–Crippen MR) is 365 cm³/mol. The summed E-state index contributed by atoms with van der Waals surface area (Å²) in [5.41, 5.74) is 18.5. The van der Waals surface area contributed by atoms with Crippen LogP contribution in [0.5, 0.6) is 0 Å². The molecule has 0 unspecified atom stereocenters. The van der Waals surface area contributed by atoms with Gasteiger partial charge in [-0.15, -0.1) is 0 Å². The van der Waals surface area contributed by atoms with E-state index in [-0.39, 0.29) is 0 Å². The molecule has 86 heavy (non-hydrogen) atoms. The average molecular weight is 1100 g/mol. The smallest absolute Gasteiger partial charge is 0.0542 e. The Hall–Kier alpha value is -11.5. The molecule has 0 bridgehead atoms. The standard InChI is InChI=1S/C82H54N4/c1-5-25-55(26-6-1)83(59-45-49-79-73(53-59)65-37-21-23-43-75(65)85(79)57-29-9-3-10-30-57)77-51-47-71(61-33-13-15-35-63(61)77)81-67-39-17-19-41-69(67)82(70-42-20-18-40-68(70)81)72-48-52-78(64-36-16-14-34-62(64)72)84(56-27-7-2-8-28-56)60-46-50-80-74(54-60)66-38-22-24-44-76(66)86(80)58-31-11-4-12-32-58/h1-54H. The van der Waals surface area contributed by atoms with E-state index in [1.54, 1.807) is 0 Å². The number of nitrogens with zero attached hydrogens (tertiary/aromatic N) is 4. The van der Waals surface area contributed by atoms with Gasteiger partial charge in [0.15, 0.2) is 0 Å². The molecule has 0 fully saturated rings. The molecule has 0 atom stereocenters. The third-order valence-corrected chi connectivity index (χ3v) is 17.6. The zero-order valence-corrected chi connectivity index (χ0v) is 47.0. The van der Waals surface area contributed by atoms with Gasteiger partial charge in [-0.25, -0.2) is 0 Å². The summed E-state index contributed by atoms with van der Waals surface area (Å²) in [4.78, 5) is 4.88. The minimum absolute atomic E-state index is 1.09.